The van der Waals surface area contributed by atoms with Gasteiger partial charge in [-0.15, -0.1) is 0 Å². The summed E-state index contributed by atoms with van der Waals surface area (Å²) in [6.07, 6.45) is 2.04. The summed E-state index contributed by atoms with van der Waals surface area (Å²) in [6, 6.07) is 12.5. The van der Waals surface area contributed by atoms with Crippen LogP contribution in [0.1, 0.15) is 37.8 Å². The number of nitrogens with one attached hydrogen (secondary N) is 2. The first kappa shape index (κ1) is 22.6. The van der Waals surface area contributed by atoms with Crippen LogP contribution in [0.5, 0.6) is 11.5 Å². The predicted octanol–water partition coefficient (Wildman–Crippen LogP) is 3.28. The smallest absolute Gasteiger partial charge is 0.227 e. The number of benzene rings is 2. The van der Waals surface area contributed by atoms with Crippen molar-refractivity contribution in [1.29, 1.82) is 0 Å². The molecular weight excluding hydrogens is 422 g/mol. The van der Waals surface area contributed by atoms with Gasteiger partial charge in [-0.2, -0.15) is 0 Å². The molecule has 0 aromatic heterocycles. The molecule has 2 aromatic rings. The molecule has 2 aliphatic rings. The lowest BCUT2D eigenvalue weighted by Crippen LogP contribution is -2.34. The molecule has 1 saturated heterocycles. The van der Waals surface area contributed by atoms with Crippen LogP contribution in [0, 0.1) is 11.8 Å². The zero-order chi connectivity index (χ0) is 23.5. The van der Waals surface area contributed by atoms with Gasteiger partial charge in [0.15, 0.2) is 0 Å². The zero-order valence-corrected chi connectivity index (χ0v) is 19.1. The Morgan fingerprint density at radius 1 is 1.00 bits per heavy atom. The minimum atomic E-state index is -0.465. The maximum Gasteiger partial charge on any atom is 0.227 e. The number of amides is 3. The number of hydrogen-bond donors (Lipinski definition) is 2. The second kappa shape index (κ2) is 9.52. The molecule has 1 heterocycles. The fraction of sp³-hybridized carbons (Fsp3) is 0.400. The Hall–Kier alpha value is -3.55. The summed E-state index contributed by atoms with van der Waals surface area (Å²) < 4.78 is 10.7. The van der Waals surface area contributed by atoms with Crippen molar-refractivity contribution in [2.75, 3.05) is 31.0 Å². The maximum atomic E-state index is 12.9. The largest absolute Gasteiger partial charge is 0.497 e. The summed E-state index contributed by atoms with van der Waals surface area (Å²) in [5, 5.41) is 5.92. The van der Waals surface area contributed by atoms with Crippen LogP contribution in [0.4, 0.5) is 11.4 Å². The number of carbonyl (C=O) groups is 3. The molecule has 0 radical (unpaired) electrons. The molecule has 2 unspecified atom stereocenters. The molecular formula is C25H29N3O5. The molecule has 4 rings (SSSR count). The van der Waals surface area contributed by atoms with Gasteiger partial charge < -0.3 is 25.0 Å². The normalized spacial score (nSPS) is 18.6. The standard InChI is InChI=1S/C25H29N3O5/c1-15(16-6-8-19(9-7-16)27-24(30)17-4-5-17)26-25(31)18-12-23(29)28(14-18)21-13-20(32-2)10-11-22(21)33-3/h6-11,13,15,17-18H,4-5,12,14H2,1-3H3,(H,26,31)(H,27,30). The lowest BCUT2D eigenvalue weighted by atomic mass is 10.0. The molecule has 2 fully saturated rings. The van der Waals surface area contributed by atoms with Crippen LogP contribution in [0.25, 0.3) is 0 Å². The van der Waals surface area contributed by atoms with Crippen LogP contribution < -0.4 is 25.0 Å². The molecule has 0 bridgehead atoms. The van der Waals surface area contributed by atoms with Crippen LogP contribution in [0.2, 0.25) is 0 Å². The van der Waals surface area contributed by atoms with Gasteiger partial charge in [-0.1, -0.05) is 12.1 Å². The summed E-state index contributed by atoms with van der Waals surface area (Å²) in [4.78, 5) is 39.1. The van der Waals surface area contributed by atoms with Gasteiger partial charge >= 0.3 is 0 Å². The Balaban J connectivity index is 1.38. The van der Waals surface area contributed by atoms with E-state index in [0.717, 1.165) is 24.1 Å². The van der Waals surface area contributed by atoms with Gasteiger partial charge in [0.2, 0.25) is 17.7 Å². The molecule has 3 amide bonds. The van der Waals surface area contributed by atoms with Crippen molar-refractivity contribution in [2.45, 2.75) is 32.2 Å². The third-order valence-corrected chi connectivity index (χ3v) is 6.16. The van der Waals surface area contributed by atoms with Gasteiger partial charge in [0.05, 0.1) is 31.9 Å². The lowest BCUT2D eigenvalue weighted by molar-refractivity contribution is -0.126. The second-order valence-corrected chi connectivity index (χ2v) is 8.56. The average molecular weight is 452 g/mol. The minimum Gasteiger partial charge on any atom is -0.497 e. The highest BCUT2D eigenvalue weighted by Gasteiger charge is 2.37. The lowest BCUT2D eigenvalue weighted by Gasteiger charge is -2.21. The van der Waals surface area contributed by atoms with Crippen LogP contribution in [-0.2, 0) is 14.4 Å². The number of nitrogens with zero attached hydrogens (tertiary/aromatic N) is 1. The predicted molar refractivity (Wildman–Crippen MR) is 124 cm³/mol. The fourth-order valence-corrected chi connectivity index (χ4v) is 3.98. The first-order chi connectivity index (χ1) is 15.9. The fourth-order valence-electron chi connectivity index (χ4n) is 3.98. The van der Waals surface area contributed by atoms with Crippen molar-refractivity contribution in [3.8, 4) is 11.5 Å². The van der Waals surface area contributed by atoms with Gasteiger partial charge in [0, 0.05) is 30.6 Å². The van der Waals surface area contributed by atoms with Gasteiger partial charge in [-0.05, 0) is 49.6 Å². The third kappa shape index (κ3) is 5.10. The van der Waals surface area contributed by atoms with E-state index in [1.54, 1.807) is 37.3 Å². The Kier molecular flexibility index (Phi) is 6.53. The van der Waals surface area contributed by atoms with E-state index in [0.29, 0.717) is 17.2 Å². The van der Waals surface area contributed by atoms with Crippen molar-refractivity contribution in [3.63, 3.8) is 0 Å². The molecule has 2 aromatic carbocycles. The van der Waals surface area contributed by atoms with E-state index >= 15 is 0 Å². The first-order valence-corrected chi connectivity index (χ1v) is 11.1. The van der Waals surface area contributed by atoms with Crippen LogP contribution >= 0.6 is 0 Å². The van der Waals surface area contributed by atoms with Gasteiger partial charge in [-0.25, -0.2) is 0 Å². The van der Waals surface area contributed by atoms with E-state index in [1.165, 1.54) is 0 Å². The molecule has 2 atom stereocenters. The molecule has 0 spiro atoms. The minimum absolute atomic E-state index is 0.0622. The van der Waals surface area contributed by atoms with Gasteiger partial charge in [-0.3, -0.25) is 14.4 Å². The van der Waals surface area contributed by atoms with Crippen LogP contribution in [-0.4, -0.2) is 38.5 Å². The molecule has 1 aliphatic carbocycles. The summed E-state index contributed by atoms with van der Waals surface area (Å²) in [6.45, 7) is 2.17. The number of hydrogen-bond acceptors (Lipinski definition) is 5. The van der Waals surface area contributed by atoms with Crippen molar-refractivity contribution >= 4 is 29.1 Å². The second-order valence-electron chi connectivity index (χ2n) is 8.56. The highest BCUT2D eigenvalue weighted by molar-refractivity contribution is 6.01. The van der Waals surface area contributed by atoms with E-state index in [9.17, 15) is 14.4 Å². The molecule has 8 heteroatoms. The van der Waals surface area contributed by atoms with Crippen molar-refractivity contribution in [1.82, 2.24) is 5.32 Å². The van der Waals surface area contributed by atoms with E-state index in [2.05, 4.69) is 10.6 Å². The van der Waals surface area contributed by atoms with E-state index in [1.807, 2.05) is 31.2 Å². The quantitative estimate of drug-likeness (QED) is 0.642. The van der Waals surface area contributed by atoms with Gasteiger partial charge in [0.25, 0.3) is 0 Å². The zero-order valence-electron chi connectivity index (χ0n) is 19.1. The molecule has 33 heavy (non-hydrogen) atoms. The van der Waals surface area contributed by atoms with E-state index in [-0.39, 0.29) is 42.6 Å². The number of ether oxygens (including phenoxy) is 2. The summed E-state index contributed by atoms with van der Waals surface area (Å²) in [5.41, 5.74) is 2.26. The van der Waals surface area contributed by atoms with Crippen molar-refractivity contribution in [3.05, 3.63) is 48.0 Å². The van der Waals surface area contributed by atoms with Crippen LogP contribution in [0.15, 0.2) is 42.5 Å². The Bertz CT molecular complexity index is 1050. The molecule has 8 nitrogen and oxygen atoms in total. The van der Waals surface area contributed by atoms with Crippen molar-refractivity contribution < 1.29 is 23.9 Å². The molecule has 2 N–H and O–H groups in total. The van der Waals surface area contributed by atoms with Crippen molar-refractivity contribution in [2.24, 2.45) is 11.8 Å². The monoisotopic (exact) mass is 451 g/mol. The number of methoxy groups -OCH3 is 2. The van der Waals surface area contributed by atoms with E-state index in [4.69, 9.17) is 9.47 Å². The Morgan fingerprint density at radius 3 is 2.36 bits per heavy atom. The maximum absolute atomic E-state index is 12.9. The molecule has 174 valence electrons. The molecule has 1 saturated carbocycles. The molecule has 1 aliphatic heterocycles. The number of anilines is 2. The van der Waals surface area contributed by atoms with Gasteiger partial charge in [0.1, 0.15) is 11.5 Å². The van der Waals surface area contributed by atoms with Crippen LogP contribution in [0.3, 0.4) is 0 Å². The summed E-state index contributed by atoms with van der Waals surface area (Å²) in [5.74, 6) is 0.592. The Morgan fingerprint density at radius 2 is 1.73 bits per heavy atom. The summed E-state index contributed by atoms with van der Waals surface area (Å²) >= 11 is 0. The highest BCUT2D eigenvalue weighted by atomic mass is 16.5. The Labute approximate surface area is 193 Å². The third-order valence-electron chi connectivity index (χ3n) is 6.16. The first-order valence-electron chi connectivity index (χ1n) is 11.1. The topological polar surface area (TPSA) is 97.0 Å². The number of rotatable bonds is 8. The average Bonchev–Trinajstić information content (AvgIpc) is 3.60. The highest BCUT2D eigenvalue weighted by Crippen LogP contribution is 2.36. The SMILES string of the molecule is COc1ccc(OC)c(N2CC(C(=O)NC(C)c3ccc(NC(=O)C4CC4)cc3)CC2=O)c1. The van der Waals surface area contributed by atoms with E-state index < -0.39 is 5.92 Å². The summed E-state index contributed by atoms with van der Waals surface area (Å²) in [7, 11) is 3.10. The number of carbonyl (C=O) groups excluding carboxylic acids is 3.